The zero-order valence-electron chi connectivity index (χ0n) is 14.4. The summed E-state index contributed by atoms with van der Waals surface area (Å²) in [6.07, 6.45) is 4.12. The van der Waals surface area contributed by atoms with Gasteiger partial charge in [-0.1, -0.05) is 18.2 Å². The molecule has 4 rings (SSSR count). The molecular formula is C20H23N3O2. The van der Waals surface area contributed by atoms with Crippen LogP contribution in [-0.4, -0.2) is 46.5 Å². The van der Waals surface area contributed by atoms with Crippen LogP contribution in [0.5, 0.6) is 5.75 Å². The molecule has 3 aromatic rings. The molecule has 0 unspecified atom stereocenters. The number of rotatable bonds is 5. The zero-order valence-corrected chi connectivity index (χ0v) is 14.4. The van der Waals surface area contributed by atoms with Gasteiger partial charge in [-0.15, -0.1) is 0 Å². The van der Waals surface area contributed by atoms with Crippen LogP contribution in [0.2, 0.25) is 0 Å². The van der Waals surface area contributed by atoms with Crippen molar-refractivity contribution in [3.05, 3.63) is 48.2 Å². The molecule has 0 spiro atoms. The third-order valence-corrected chi connectivity index (χ3v) is 5.14. The molecule has 1 fully saturated rings. The number of H-pyrrole nitrogens is 1. The van der Waals surface area contributed by atoms with Crippen LogP contribution in [0.3, 0.4) is 0 Å². The van der Waals surface area contributed by atoms with E-state index >= 15 is 0 Å². The van der Waals surface area contributed by atoms with Gasteiger partial charge in [-0.25, -0.2) is 0 Å². The predicted octanol–water partition coefficient (Wildman–Crippen LogP) is 3.20. The first-order valence-electron chi connectivity index (χ1n) is 8.74. The van der Waals surface area contributed by atoms with Crippen LogP contribution in [0.15, 0.2) is 42.6 Å². The Kier molecular flexibility index (Phi) is 4.42. The molecule has 0 saturated carbocycles. The van der Waals surface area contributed by atoms with Crippen molar-refractivity contribution >= 4 is 10.8 Å². The number of hydrogen-bond donors (Lipinski definition) is 2. The lowest BCUT2D eigenvalue weighted by Gasteiger charge is -2.22. The number of hydrogen-bond acceptors (Lipinski definition) is 4. The highest BCUT2D eigenvalue weighted by Gasteiger charge is 2.25. The quantitative estimate of drug-likeness (QED) is 0.750. The summed E-state index contributed by atoms with van der Waals surface area (Å²) in [4.78, 5) is 2.35. The maximum absolute atomic E-state index is 9.54. The van der Waals surface area contributed by atoms with Gasteiger partial charge in [-0.05, 0) is 48.4 Å². The van der Waals surface area contributed by atoms with Crippen molar-refractivity contribution in [2.45, 2.75) is 25.4 Å². The van der Waals surface area contributed by atoms with Crippen molar-refractivity contribution < 1.29 is 9.84 Å². The van der Waals surface area contributed by atoms with Crippen LogP contribution in [-0.2, 0) is 6.54 Å². The van der Waals surface area contributed by atoms with E-state index in [2.05, 4.69) is 39.4 Å². The maximum Gasteiger partial charge on any atom is 0.119 e. The Labute approximate surface area is 147 Å². The molecule has 0 aliphatic carbocycles. The Morgan fingerprint density at radius 1 is 1.24 bits per heavy atom. The molecule has 0 bridgehead atoms. The van der Waals surface area contributed by atoms with Crippen molar-refractivity contribution in [2.75, 3.05) is 20.3 Å². The number of methoxy groups -OCH3 is 1. The highest BCUT2D eigenvalue weighted by atomic mass is 16.5. The molecule has 1 aliphatic rings. The van der Waals surface area contributed by atoms with Gasteiger partial charge in [0.15, 0.2) is 0 Å². The predicted molar refractivity (Wildman–Crippen MR) is 98.6 cm³/mol. The minimum Gasteiger partial charge on any atom is -0.497 e. The molecule has 2 heterocycles. The average molecular weight is 337 g/mol. The van der Waals surface area contributed by atoms with E-state index < -0.39 is 0 Å². The molecule has 2 aromatic carbocycles. The number of nitrogens with zero attached hydrogens (tertiary/aromatic N) is 2. The molecule has 0 radical (unpaired) electrons. The Morgan fingerprint density at radius 2 is 2.08 bits per heavy atom. The molecule has 25 heavy (non-hydrogen) atoms. The molecular weight excluding hydrogens is 314 g/mol. The number of fused-ring (bicyclic) bond motifs is 1. The summed E-state index contributed by atoms with van der Waals surface area (Å²) in [6.45, 7) is 2.08. The van der Waals surface area contributed by atoms with Gasteiger partial charge in [-0.3, -0.25) is 10.00 Å². The molecule has 2 N–H and O–H groups in total. The molecule has 1 aliphatic heterocycles. The first-order valence-corrected chi connectivity index (χ1v) is 8.74. The van der Waals surface area contributed by atoms with Crippen LogP contribution in [0, 0.1) is 0 Å². The molecule has 1 aromatic heterocycles. The van der Waals surface area contributed by atoms with Gasteiger partial charge >= 0.3 is 0 Å². The lowest BCUT2D eigenvalue weighted by Crippen LogP contribution is -2.31. The first kappa shape index (κ1) is 16.1. The van der Waals surface area contributed by atoms with Crippen molar-refractivity contribution in [1.82, 2.24) is 15.1 Å². The second kappa shape index (κ2) is 6.86. The molecule has 5 heteroatoms. The Morgan fingerprint density at radius 3 is 2.92 bits per heavy atom. The fourth-order valence-electron chi connectivity index (χ4n) is 3.72. The summed E-state index contributed by atoms with van der Waals surface area (Å²) in [7, 11) is 1.68. The first-order chi connectivity index (χ1) is 12.3. The highest BCUT2D eigenvalue weighted by Crippen LogP contribution is 2.29. The molecule has 0 amide bonds. The van der Waals surface area contributed by atoms with Gasteiger partial charge in [0, 0.05) is 23.7 Å². The summed E-state index contributed by atoms with van der Waals surface area (Å²) < 4.78 is 5.30. The standard InChI is InChI=1S/C20H23N3O2/c1-25-19-7-6-14-9-16(5-4-15(14)10-19)20-17(11-21-22-20)12-23-8-2-3-18(23)13-24/h4-7,9-11,18,24H,2-3,8,12-13H2,1H3,(H,21,22)/t18-/m0/s1. The van der Waals surface area contributed by atoms with E-state index in [1.54, 1.807) is 7.11 Å². The van der Waals surface area contributed by atoms with E-state index in [-0.39, 0.29) is 12.6 Å². The van der Waals surface area contributed by atoms with Gasteiger partial charge in [0.2, 0.25) is 0 Å². The Balaban J connectivity index is 1.64. The van der Waals surface area contributed by atoms with Crippen LogP contribution in [0.1, 0.15) is 18.4 Å². The van der Waals surface area contributed by atoms with Crippen molar-refractivity contribution in [3.63, 3.8) is 0 Å². The van der Waals surface area contributed by atoms with Crippen LogP contribution in [0.4, 0.5) is 0 Å². The van der Waals surface area contributed by atoms with E-state index in [9.17, 15) is 5.11 Å². The van der Waals surface area contributed by atoms with Gasteiger partial charge in [0.25, 0.3) is 0 Å². The third-order valence-electron chi connectivity index (χ3n) is 5.14. The molecule has 1 atom stereocenters. The molecule has 130 valence electrons. The van der Waals surface area contributed by atoms with Crippen molar-refractivity contribution in [1.29, 1.82) is 0 Å². The van der Waals surface area contributed by atoms with Crippen LogP contribution < -0.4 is 4.74 Å². The number of nitrogens with one attached hydrogen (secondary N) is 1. The second-order valence-corrected chi connectivity index (χ2v) is 6.65. The number of aliphatic hydroxyl groups is 1. The number of aromatic amines is 1. The van der Waals surface area contributed by atoms with Gasteiger partial charge < -0.3 is 9.84 Å². The summed E-state index contributed by atoms with van der Waals surface area (Å²) in [6, 6.07) is 12.8. The van der Waals surface area contributed by atoms with Crippen LogP contribution in [0.25, 0.3) is 22.0 Å². The minimum absolute atomic E-state index is 0.227. The van der Waals surface area contributed by atoms with Gasteiger partial charge in [0.1, 0.15) is 5.75 Å². The van der Waals surface area contributed by atoms with Crippen molar-refractivity contribution in [2.24, 2.45) is 0 Å². The van der Waals surface area contributed by atoms with E-state index in [4.69, 9.17) is 4.74 Å². The highest BCUT2D eigenvalue weighted by molar-refractivity contribution is 5.88. The summed E-state index contributed by atoms with van der Waals surface area (Å²) in [5, 5.41) is 19.3. The topological polar surface area (TPSA) is 61.4 Å². The van der Waals surface area contributed by atoms with E-state index in [0.29, 0.717) is 0 Å². The molecule has 1 saturated heterocycles. The van der Waals surface area contributed by atoms with Crippen molar-refractivity contribution in [3.8, 4) is 17.0 Å². The normalized spacial score (nSPS) is 18.1. The summed E-state index contributed by atoms with van der Waals surface area (Å²) in [5.41, 5.74) is 3.36. The molecule has 5 nitrogen and oxygen atoms in total. The number of likely N-dealkylation sites (tertiary alicyclic amines) is 1. The monoisotopic (exact) mass is 337 g/mol. The lowest BCUT2D eigenvalue weighted by atomic mass is 10.0. The van der Waals surface area contributed by atoms with E-state index in [1.165, 1.54) is 10.9 Å². The number of aliphatic hydroxyl groups excluding tert-OH is 1. The summed E-state index contributed by atoms with van der Waals surface area (Å²) >= 11 is 0. The van der Waals surface area contributed by atoms with E-state index in [1.807, 2.05) is 18.3 Å². The van der Waals surface area contributed by atoms with E-state index in [0.717, 1.165) is 48.3 Å². The van der Waals surface area contributed by atoms with Gasteiger partial charge in [0.05, 0.1) is 25.6 Å². The lowest BCUT2D eigenvalue weighted by molar-refractivity contribution is 0.154. The number of aromatic nitrogens is 2. The smallest absolute Gasteiger partial charge is 0.119 e. The second-order valence-electron chi connectivity index (χ2n) is 6.65. The minimum atomic E-state index is 0.227. The Bertz CT molecular complexity index is 874. The zero-order chi connectivity index (χ0) is 17.2. The fourth-order valence-corrected chi connectivity index (χ4v) is 3.72. The third kappa shape index (κ3) is 3.13. The number of benzene rings is 2. The van der Waals surface area contributed by atoms with Crippen LogP contribution >= 0.6 is 0 Å². The fraction of sp³-hybridized carbons (Fsp3) is 0.350. The summed E-state index contributed by atoms with van der Waals surface area (Å²) in [5.74, 6) is 0.867. The van der Waals surface area contributed by atoms with Gasteiger partial charge in [-0.2, -0.15) is 5.10 Å². The largest absolute Gasteiger partial charge is 0.497 e. The Hall–Kier alpha value is -2.37. The number of ether oxygens (including phenoxy) is 1. The maximum atomic E-state index is 9.54. The average Bonchev–Trinajstić information content (AvgIpc) is 3.30. The SMILES string of the molecule is COc1ccc2cc(-c3[nH]ncc3CN3CCC[C@H]3CO)ccc2c1.